The first-order chi connectivity index (χ1) is 8.76. The van der Waals surface area contributed by atoms with Crippen molar-refractivity contribution in [2.45, 2.75) is 13.3 Å². The maximum absolute atomic E-state index is 11.3. The SMILES string of the molecule is CCOc1cnc(-c2ccc3c(c2)CC(=O)N3)o1. The summed E-state index contributed by atoms with van der Waals surface area (Å²) in [4.78, 5) is 15.4. The van der Waals surface area contributed by atoms with Crippen molar-refractivity contribution in [3.8, 4) is 17.4 Å². The molecule has 1 aliphatic rings. The van der Waals surface area contributed by atoms with E-state index < -0.39 is 0 Å². The molecule has 0 fully saturated rings. The Kier molecular flexibility index (Phi) is 2.51. The molecular formula is C13H12N2O3. The molecule has 92 valence electrons. The second-order valence-electron chi connectivity index (χ2n) is 4.01. The van der Waals surface area contributed by atoms with Crippen LogP contribution in [0.15, 0.2) is 28.8 Å². The molecule has 1 N–H and O–H groups in total. The van der Waals surface area contributed by atoms with Gasteiger partial charge in [-0.2, -0.15) is 0 Å². The van der Waals surface area contributed by atoms with Crippen LogP contribution in [-0.2, 0) is 11.2 Å². The highest BCUT2D eigenvalue weighted by molar-refractivity contribution is 5.99. The Morgan fingerprint density at radius 1 is 1.50 bits per heavy atom. The lowest BCUT2D eigenvalue weighted by atomic mass is 10.1. The molecule has 0 saturated carbocycles. The fraction of sp³-hybridized carbons (Fsp3) is 0.231. The van der Waals surface area contributed by atoms with Gasteiger partial charge in [-0.25, -0.2) is 4.98 Å². The quantitative estimate of drug-likeness (QED) is 0.899. The summed E-state index contributed by atoms with van der Waals surface area (Å²) >= 11 is 0. The Morgan fingerprint density at radius 2 is 2.39 bits per heavy atom. The summed E-state index contributed by atoms with van der Waals surface area (Å²) in [5.41, 5.74) is 2.67. The summed E-state index contributed by atoms with van der Waals surface area (Å²) < 4.78 is 10.7. The lowest BCUT2D eigenvalue weighted by Gasteiger charge is -2.00. The summed E-state index contributed by atoms with van der Waals surface area (Å²) in [5, 5.41) is 2.79. The molecule has 1 aromatic heterocycles. The fourth-order valence-electron chi connectivity index (χ4n) is 1.96. The molecule has 0 radical (unpaired) electrons. The number of carbonyl (C=O) groups is 1. The Hall–Kier alpha value is -2.30. The van der Waals surface area contributed by atoms with Crippen LogP contribution in [-0.4, -0.2) is 17.5 Å². The zero-order valence-electron chi connectivity index (χ0n) is 9.90. The summed E-state index contributed by atoms with van der Waals surface area (Å²) in [6, 6.07) is 5.64. The third-order valence-electron chi connectivity index (χ3n) is 2.75. The molecule has 2 aromatic rings. The maximum Gasteiger partial charge on any atom is 0.305 e. The highest BCUT2D eigenvalue weighted by Crippen LogP contribution is 2.29. The maximum atomic E-state index is 11.3. The second-order valence-corrected chi connectivity index (χ2v) is 4.01. The molecule has 1 aliphatic heterocycles. The Balaban J connectivity index is 1.92. The average molecular weight is 244 g/mol. The van der Waals surface area contributed by atoms with Gasteiger partial charge in [-0.15, -0.1) is 0 Å². The third-order valence-corrected chi connectivity index (χ3v) is 2.75. The topological polar surface area (TPSA) is 64.4 Å². The van der Waals surface area contributed by atoms with Crippen LogP contribution in [0, 0.1) is 0 Å². The predicted octanol–water partition coefficient (Wildman–Crippen LogP) is 2.23. The van der Waals surface area contributed by atoms with Crippen molar-refractivity contribution in [2.24, 2.45) is 0 Å². The number of ether oxygens (including phenoxy) is 1. The molecule has 0 unspecified atom stereocenters. The van der Waals surface area contributed by atoms with E-state index in [4.69, 9.17) is 9.15 Å². The number of fused-ring (bicyclic) bond motifs is 1. The number of nitrogens with one attached hydrogen (secondary N) is 1. The van der Waals surface area contributed by atoms with E-state index in [2.05, 4.69) is 10.3 Å². The summed E-state index contributed by atoms with van der Waals surface area (Å²) in [6.07, 6.45) is 1.96. The van der Waals surface area contributed by atoms with E-state index in [0.29, 0.717) is 24.9 Å². The lowest BCUT2D eigenvalue weighted by Crippen LogP contribution is -2.03. The largest absolute Gasteiger partial charge is 0.464 e. The molecule has 18 heavy (non-hydrogen) atoms. The van der Waals surface area contributed by atoms with Crippen molar-refractivity contribution in [3.63, 3.8) is 0 Å². The van der Waals surface area contributed by atoms with Crippen molar-refractivity contribution >= 4 is 11.6 Å². The van der Waals surface area contributed by atoms with E-state index in [1.54, 1.807) is 6.20 Å². The first-order valence-corrected chi connectivity index (χ1v) is 5.78. The van der Waals surface area contributed by atoms with Crippen LogP contribution >= 0.6 is 0 Å². The molecule has 0 aliphatic carbocycles. The number of oxazole rings is 1. The van der Waals surface area contributed by atoms with Gasteiger partial charge in [-0.05, 0) is 30.7 Å². The summed E-state index contributed by atoms with van der Waals surface area (Å²) in [7, 11) is 0. The number of benzene rings is 1. The number of nitrogens with zero attached hydrogens (tertiary/aromatic N) is 1. The molecule has 2 heterocycles. The normalized spacial score (nSPS) is 13.3. The number of hydrogen-bond acceptors (Lipinski definition) is 4. The molecule has 0 atom stereocenters. The number of carbonyl (C=O) groups excluding carboxylic acids is 1. The molecule has 1 amide bonds. The van der Waals surface area contributed by atoms with Crippen LogP contribution in [0.1, 0.15) is 12.5 Å². The van der Waals surface area contributed by atoms with E-state index in [9.17, 15) is 4.79 Å². The standard InChI is InChI=1S/C13H12N2O3/c1-2-17-12-7-14-13(18-12)8-3-4-10-9(5-8)6-11(16)15-10/h3-5,7H,2,6H2,1H3,(H,15,16). The minimum absolute atomic E-state index is 0.0181. The second kappa shape index (κ2) is 4.18. The number of anilines is 1. The number of rotatable bonds is 3. The van der Waals surface area contributed by atoms with Gasteiger partial charge < -0.3 is 14.5 Å². The zero-order chi connectivity index (χ0) is 12.5. The number of aromatic nitrogens is 1. The number of amides is 1. The highest BCUT2D eigenvalue weighted by Gasteiger charge is 2.19. The van der Waals surface area contributed by atoms with E-state index >= 15 is 0 Å². The van der Waals surface area contributed by atoms with Crippen LogP contribution in [0.25, 0.3) is 11.5 Å². The van der Waals surface area contributed by atoms with Crippen molar-refractivity contribution in [1.29, 1.82) is 0 Å². The predicted molar refractivity (Wildman–Crippen MR) is 65.4 cm³/mol. The lowest BCUT2D eigenvalue weighted by molar-refractivity contribution is -0.115. The monoisotopic (exact) mass is 244 g/mol. The average Bonchev–Trinajstić information content (AvgIpc) is 2.93. The summed E-state index contributed by atoms with van der Waals surface area (Å²) in [6.45, 7) is 2.42. The van der Waals surface area contributed by atoms with Crippen molar-refractivity contribution < 1.29 is 13.9 Å². The van der Waals surface area contributed by atoms with Crippen LogP contribution in [0.4, 0.5) is 5.69 Å². The first-order valence-electron chi connectivity index (χ1n) is 5.78. The van der Waals surface area contributed by atoms with Gasteiger partial charge in [0.05, 0.1) is 13.0 Å². The number of hydrogen-bond donors (Lipinski definition) is 1. The smallest absolute Gasteiger partial charge is 0.305 e. The van der Waals surface area contributed by atoms with Gasteiger partial charge in [0.25, 0.3) is 0 Å². The summed E-state index contributed by atoms with van der Waals surface area (Å²) in [5.74, 6) is 0.923. The molecule has 0 spiro atoms. The zero-order valence-corrected chi connectivity index (χ0v) is 9.90. The van der Waals surface area contributed by atoms with E-state index in [1.807, 2.05) is 25.1 Å². The van der Waals surface area contributed by atoms with E-state index in [1.165, 1.54) is 0 Å². The Morgan fingerprint density at radius 3 is 3.22 bits per heavy atom. The van der Waals surface area contributed by atoms with Crippen LogP contribution in [0.2, 0.25) is 0 Å². The van der Waals surface area contributed by atoms with Crippen molar-refractivity contribution in [3.05, 3.63) is 30.0 Å². The molecular weight excluding hydrogens is 232 g/mol. The highest BCUT2D eigenvalue weighted by atomic mass is 16.6. The van der Waals surface area contributed by atoms with Crippen LogP contribution < -0.4 is 10.1 Å². The van der Waals surface area contributed by atoms with Gasteiger partial charge in [-0.3, -0.25) is 4.79 Å². The van der Waals surface area contributed by atoms with Crippen LogP contribution in [0.3, 0.4) is 0 Å². The minimum Gasteiger partial charge on any atom is -0.464 e. The van der Waals surface area contributed by atoms with Gasteiger partial charge >= 0.3 is 5.95 Å². The van der Waals surface area contributed by atoms with Gasteiger partial charge in [0.1, 0.15) is 6.20 Å². The van der Waals surface area contributed by atoms with Crippen molar-refractivity contribution in [1.82, 2.24) is 4.98 Å². The Labute approximate surface area is 104 Å². The Bertz CT molecular complexity index is 604. The molecule has 5 heteroatoms. The minimum atomic E-state index is 0.0181. The van der Waals surface area contributed by atoms with Gasteiger partial charge in [0.2, 0.25) is 11.8 Å². The third kappa shape index (κ3) is 1.84. The van der Waals surface area contributed by atoms with Gasteiger partial charge in [0, 0.05) is 11.3 Å². The van der Waals surface area contributed by atoms with Crippen LogP contribution in [0.5, 0.6) is 5.95 Å². The molecule has 5 nitrogen and oxygen atoms in total. The molecule has 0 bridgehead atoms. The molecule has 3 rings (SSSR count). The van der Waals surface area contributed by atoms with E-state index in [0.717, 1.165) is 16.8 Å². The van der Waals surface area contributed by atoms with Gasteiger partial charge in [0.15, 0.2) is 0 Å². The van der Waals surface area contributed by atoms with Crippen molar-refractivity contribution in [2.75, 3.05) is 11.9 Å². The molecule has 1 aromatic carbocycles. The van der Waals surface area contributed by atoms with Gasteiger partial charge in [-0.1, -0.05) is 0 Å². The van der Waals surface area contributed by atoms with E-state index in [-0.39, 0.29) is 5.91 Å². The fourth-order valence-corrected chi connectivity index (χ4v) is 1.96. The first kappa shape index (κ1) is 10.8. The molecule has 0 saturated heterocycles.